The van der Waals surface area contributed by atoms with E-state index in [2.05, 4.69) is 10.0 Å². The van der Waals surface area contributed by atoms with Gasteiger partial charge in [0.15, 0.2) is 0 Å². The molecule has 0 saturated heterocycles. The second-order valence-corrected chi connectivity index (χ2v) is 7.52. The van der Waals surface area contributed by atoms with E-state index in [9.17, 15) is 18.3 Å². The minimum atomic E-state index is -3.47. The van der Waals surface area contributed by atoms with Crippen molar-refractivity contribution in [1.82, 2.24) is 0 Å². The lowest BCUT2D eigenvalue weighted by Gasteiger charge is -2.12. The molecule has 0 atom stereocenters. The van der Waals surface area contributed by atoms with E-state index in [1.165, 1.54) is 18.2 Å². The molecule has 122 valence electrons. The maximum atomic E-state index is 12.2. The van der Waals surface area contributed by atoms with E-state index in [4.69, 9.17) is 0 Å². The van der Waals surface area contributed by atoms with E-state index in [0.717, 1.165) is 0 Å². The minimum Gasteiger partial charge on any atom is -0.508 e. The SMILES string of the molecule is CC(C)S(=O)(=O)Nc1cccc(C(=O)Nc2cccc(O)c2)c1. The van der Waals surface area contributed by atoms with Crippen LogP contribution in [0.15, 0.2) is 48.5 Å². The first-order valence-electron chi connectivity index (χ1n) is 7.00. The van der Waals surface area contributed by atoms with Crippen LogP contribution in [0.4, 0.5) is 11.4 Å². The third-order valence-electron chi connectivity index (χ3n) is 3.11. The van der Waals surface area contributed by atoms with Gasteiger partial charge in [0.1, 0.15) is 5.75 Å². The van der Waals surface area contributed by atoms with Crippen molar-refractivity contribution in [2.75, 3.05) is 10.0 Å². The number of amides is 1. The third kappa shape index (κ3) is 4.46. The first kappa shape index (κ1) is 16.8. The zero-order valence-corrected chi connectivity index (χ0v) is 13.6. The molecule has 2 aromatic rings. The van der Waals surface area contributed by atoms with Crippen LogP contribution >= 0.6 is 0 Å². The number of phenols is 1. The van der Waals surface area contributed by atoms with Gasteiger partial charge in [-0.05, 0) is 44.2 Å². The summed E-state index contributed by atoms with van der Waals surface area (Å²) in [6.45, 7) is 3.14. The molecule has 3 N–H and O–H groups in total. The topological polar surface area (TPSA) is 95.5 Å². The molecule has 6 nitrogen and oxygen atoms in total. The van der Waals surface area contributed by atoms with E-state index >= 15 is 0 Å². The summed E-state index contributed by atoms with van der Waals surface area (Å²) in [5.74, 6) is -0.359. The summed E-state index contributed by atoms with van der Waals surface area (Å²) in [5.41, 5.74) is 1.07. The molecule has 2 rings (SSSR count). The summed E-state index contributed by atoms with van der Waals surface area (Å²) >= 11 is 0. The van der Waals surface area contributed by atoms with Crippen LogP contribution < -0.4 is 10.0 Å². The first-order valence-corrected chi connectivity index (χ1v) is 8.54. The van der Waals surface area contributed by atoms with E-state index in [0.29, 0.717) is 16.9 Å². The third-order valence-corrected chi connectivity index (χ3v) is 4.87. The van der Waals surface area contributed by atoms with Gasteiger partial charge in [-0.1, -0.05) is 12.1 Å². The van der Waals surface area contributed by atoms with Crippen LogP contribution in [0.5, 0.6) is 5.75 Å². The Morgan fingerprint density at radius 3 is 2.35 bits per heavy atom. The second-order valence-electron chi connectivity index (χ2n) is 5.28. The van der Waals surface area contributed by atoms with Crippen LogP contribution in [0.1, 0.15) is 24.2 Å². The Labute approximate surface area is 135 Å². The maximum Gasteiger partial charge on any atom is 0.255 e. The van der Waals surface area contributed by atoms with Crippen molar-refractivity contribution in [3.05, 3.63) is 54.1 Å². The van der Waals surface area contributed by atoms with Crippen LogP contribution in [-0.2, 0) is 10.0 Å². The highest BCUT2D eigenvalue weighted by Crippen LogP contribution is 2.18. The number of aromatic hydroxyl groups is 1. The van der Waals surface area contributed by atoms with E-state index < -0.39 is 21.2 Å². The van der Waals surface area contributed by atoms with Crippen molar-refractivity contribution in [2.45, 2.75) is 19.1 Å². The maximum absolute atomic E-state index is 12.2. The highest BCUT2D eigenvalue weighted by molar-refractivity contribution is 7.93. The van der Waals surface area contributed by atoms with E-state index in [-0.39, 0.29) is 5.75 Å². The number of hydrogen-bond acceptors (Lipinski definition) is 4. The highest BCUT2D eigenvalue weighted by Gasteiger charge is 2.16. The highest BCUT2D eigenvalue weighted by atomic mass is 32.2. The molecular formula is C16H18N2O4S. The van der Waals surface area contributed by atoms with Crippen LogP contribution in [0.2, 0.25) is 0 Å². The molecule has 0 aliphatic carbocycles. The summed E-state index contributed by atoms with van der Waals surface area (Å²) in [6.07, 6.45) is 0. The number of anilines is 2. The first-order chi connectivity index (χ1) is 10.8. The average Bonchev–Trinajstić information content (AvgIpc) is 2.47. The van der Waals surface area contributed by atoms with Crippen LogP contribution in [-0.4, -0.2) is 24.7 Å². The second kappa shape index (κ2) is 6.70. The molecule has 0 unspecified atom stereocenters. The number of benzene rings is 2. The molecule has 0 bridgehead atoms. The minimum absolute atomic E-state index is 0.0428. The number of rotatable bonds is 5. The Morgan fingerprint density at radius 1 is 1.04 bits per heavy atom. The summed E-state index contributed by atoms with van der Waals surface area (Å²) < 4.78 is 26.2. The smallest absolute Gasteiger partial charge is 0.255 e. The van der Waals surface area contributed by atoms with Gasteiger partial charge >= 0.3 is 0 Å². The molecule has 7 heteroatoms. The molecule has 23 heavy (non-hydrogen) atoms. The summed E-state index contributed by atoms with van der Waals surface area (Å²) in [6, 6.07) is 12.4. The monoisotopic (exact) mass is 334 g/mol. The molecule has 0 spiro atoms. The number of sulfonamides is 1. The summed E-state index contributed by atoms with van der Waals surface area (Å²) in [5, 5.41) is 11.5. The lowest BCUT2D eigenvalue weighted by Crippen LogP contribution is -2.22. The molecule has 0 aliphatic rings. The van der Waals surface area contributed by atoms with Crippen molar-refractivity contribution in [3.63, 3.8) is 0 Å². The molecule has 0 aliphatic heterocycles. The van der Waals surface area contributed by atoms with Crippen molar-refractivity contribution >= 4 is 27.3 Å². The number of nitrogens with one attached hydrogen (secondary N) is 2. The fourth-order valence-electron chi connectivity index (χ4n) is 1.79. The Kier molecular flexibility index (Phi) is 4.90. The molecule has 2 aromatic carbocycles. The molecule has 1 amide bonds. The zero-order valence-electron chi connectivity index (χ0n) is 12.8. The van der Waals surface area contributed by atoms with Gasteiger partial charge in [-0.3, -0.25) is 9.52 Å². The van der Waals surface area contributed by atoms with E-state index in [1.54, 1.807) is 44.2 Å². The molecule has 0 saturated carbocycles. The molecule has 0 fully saturated rings. The number of hydrogen-bond donors (Lipinski definition) is 3. The molecule has 0 heterocycles. The van der Waals surface area contributed by atoms with Gasteiger partial charge in [0.2, 0.25) is 10.0 Å². The number of phenolic OH excluding ortho intramolecular Hbond substituents is 1. The van der Waals surface area contributed by atoms with Gasteiger partial charge in [0, 0.05) is 23.0 Å². The predicted octanol–water partition coefficient (Wildman–Crippen LogP) is 2.79. The summed E-state index contributed by atoms with van der Waals surface area (Å²) in [7, 11) is -3.47. The molecule has 0 radical (unpaired) electrons. The fraction of sp³-hybridized carbons (Fsp3) is 0.188. The number of carbonyl (C=O) groups is 1. The van der Waals surface area contributed by atoms with Crippen LogP contribution in [0, 0.1) is 0 Å². The van der Waals surface area contributed by atoms with Gasteiger partial charge in [0.25, 0.3) is 5.91 Å². The Morgan fingerprint density at radius 2 is 1.70 bits per heavy atom. The van der Waals surface area contributed by atoms with Crippen molar-refractivity contribution in [1.29, 1.82) is 0 Å². The van der Waals surface area contributed by atoms with E-state index in [1.807, 2.05) is 0 Å². The normalized spacial score (nSPS) is 11.3. The average molecular weight is 334 g/mol. The number of carbonyl (C=O) groups excluding carboxylic acids is 1. The van der Waals surface area contributed by atoms with Crippen LogP contribution in [0.25, 0.3) is 0 Å². The van der Waals surface area contributed by atoms with Crippen molar-refractivity contribution in [2.24, 2.45) is 0 Å². The van der Waals surface area contributed by atoms with Gasteiger partial charge < -0.3 is 10.4 Å². The Balaban J connectivity index is 2.17. The van der Waals surface area contributed by atoms with Crippen molar-refractivity contribution in [3.8, 4) is 5.75 Å². The lowest BCUT2D eigenvalue weighted by molar-refractivity contribution is 0.102. The van der Waals surface area contributed by atoms with Gasteiger partial charge in [0.05, 0.1) is 5.25 Å². The molecule has 0 aromatic heterocycles. The van der Waals surface area contributed by atoms with Gasteiger partial charge in [-0.15, -0.1) is 0 Å². The van der Waals surface area contributed by atoms with Gasteiger partial charge in [-0.25, -0.2) is 8.42 Å². The quantitative estimate of drug-likeness (QED) is 0.783. The predicted molar refractivity (Wildman–Crippen MR) is 90.2 cm³/mol. The Hall–Kier alpha value is -2.54. The van der Waals surface area contributed by atoms with Gasteiger partial charge in [-0.2, -0.15) is 0 Å². The Bertz CT molecular complexity index is 816. The molecular weight excluding hydrogens is 316 g/mol. The standard InChI is InChI=1S/C16H18N2O4S/c1-11(2)23(21,22)18-14-7-3-5-12(9-14)16(20)17-13-6-4-8-15(19)10-13/h3-11,18-19H,1-2H3,(H,17,20). The van der Waals surface area contributed by atoms with Crippen LogP contribution in [0.3, 0.4) is 0 Å². The fourth-order valence-corrected chi connectivity index (χ4v) is 2.48. The lowest BCUT2D eigenvalue weighted by atomic mass is 10.2. The zero-order chi connectivity index (χ0) is 17.0. The summed E-state index contributed by atoms with van der Waals surface area (Å²) in [4.78, 5) is 12.2. The van der Waals surface area contributed by atoms with Crippen molar-refractivity contribution < 1.29 is 18.3 Å². The largest absolute Gasteiger partial charge is 0.508 e.